The standard InChI is InChI=1S/C17H16N2OS/c1-13-7-9-16(10-8-13)21-12-14-11-17(20)19(18-14)15-5-3-2-4-6-15/h2-10H,11-12H2,1H3. The third kappa shape index (κ3) is 3.34. The fourth-order valence-corrected chi connectivity index (χ4v) is 2.96. The first-order valence-corrected chi connectivity index (χ1v) is 7.85. The van der Waals surface area contributed by atoms with Crippen LogP contribution >= 0.6 is 11.8 Å². The van der Waals surface area contributed by atoms with E-state index in [4.69, 9.17) is 0 Å². The molecular formula is C17H16N2OS. The summed E-state index contributed by atoms with van der Waals surface area (Å²) in [6.45, 7) is 2.08. The van der Waals surface area contributed by atoms with Crippen LogP contribution in [-0.2, 0) is 4.79 Å². The van der Waals surface area contributed by atoms with Gasteiger partial charge in [0.15, 0.2) is 0 Å². The Balaban J connectivity index is 1.67. The van der Waals surface area contributed by atoms with Crippen LogP contribution in [0, 0.1) is 6.92 Å². The molecule has 1 aliphatic rings. The van der Waals surface area contributed by atoms with Crippen LogP contribution in [0.5, 0.6) is 0 Å². The van der Waals surface area contributed by atoms with Crippen molar-refractivity contribution < 1.29 is 4.79 Å². The summed E-state index contributed by atoms with van der Waals surface area (Å²) in [6, 6.07) is 18.0. The van der Waals surface area contributed by atoms with Gasteiger partial charge >= 0.3 is 0 Å². The molecule has 0 spiro atoms. The Morgan fingerprint density at radius 3 is 2.52 bits per heavy atom. The second-order valence-electron chi connectivity index (χ2n) is 4.99. The molecule has 0 aromatic heterocycles. The molecule has 3 rings (SSSR count). The quantitative estimate of drug-likeness (QED) is 0.802. The zero-order valence-electron chi connectivity index (χ0n) is 11.8. The maximum Gasteiger partial charge on any atom is 0.253 e. The average molecular weight is 296 g/mol. The lowest BCUT2D eigenvalue weighted by molar-refractivity contribution is -0.116. The van der Waals surface area contributed by atoms with E-state index in [1.54, 1.807) is 11.8 Å². The Hall–Kier alpha value is -2.07. The molecule has 1 heterocycles. The first-order chi connectivity index (χ1) is 10.2. The van der Waals surface area contributed by atoms with Crippen LogP contribution in [0.1, 0.15) is 12.0 Å². The predicted octanol–water partition coefficient (Wildman–Crippen LogP) is 3.88. The second kappa shape index (κ2) is 6.14. The van der Waals surface area contributed by atoms with Gasteiger partial charge in [-0.25, -0.2) is 5.01 Å². The van der Waals surface area contributed by atoms with E-state index < -0.39 is 0 Å². The van der Waals surface area contributed by atoms with Gasteiger partial charge in [0.05, 0.1) is 17.8 Å². The molecular weight excluding hydrogens is 280 g/mol. The molecule has 3 nitrogen and oxygen atoms in total. The molecule has 106 valence electrons. The number of hydrogen-bond acceptors (Lipinski definition) is 3. The number of amides is 1. The van der Waals surface area contributed by atoms with Crippen LogP contribution in [0.15, 0.2) is 64.6 Å². The van der Waals surface area contributed by atoms with Gasteiger partial charge in [0.1, 0.15) is 0 Å². The topological polar surface area (TPSA) is 32.7 Å². The fourth-order valence-electron chi connectivity index (χ4n) is 2.13. The maximum absolute atomic E-state index is 12.0. The van der Waals surface area contributed by atoms with Crippen molar-refractivity contribution in [1.82, 2.24) is 0 Å². The van der Waals surface area contributed by atoms with Crippen molar-refractivity contribution in [1.29, 1.82) is 0 Å². The highest BCUT2D eigenvalue weighted by molar-refractivity contribution is 8.00. The van der Waals surface area contributed by atoms with Crippen molar-refractivity contribution in [3.05, 3.63) is 60.2 Å². The van der Waals surface area contributed by atoms with Gasteiger partial charge in [-0.05, 0) is 31.2 Å². The van der Waals surface area contributed by atoms with E-state index in [1.807, 2.05) is 30.3 Å². The molecule has 0 fully saturated rings. The Morgan fingerprint density at radius 1 is 1.10 bits per heavy atom. The lowest BCUT2D eigenvalue weighted by Gasteiger charge is -2.10. The minimum atomic E-state index is 0.0423. The van der Waals surface area contributed by atoms with Crippen molar-refractivity contribution in [2.75, 3.05) is 10.8 Å². The summed E-state index contributed by atoms with van der Waals surface area (Å²) in [5, 5.41) is 5.96. The molecule has 2 aromatic carbocycles. The van der Waals surface area contributed by atoms with Crippen molar-refractivity contribution in [3.63, 3.8) is 0 Å². The number of anilines is 1. The van der Waals surface area contributed by atoms with E-state index in [9.17, 15) is 4.79 Å². The predicted molar refractivity (Wildman–Crippen MR) is 87.9 cm³/mol. The summed E-state index contributed by atoms with van der Waals surface area (Å²) in [6.07, 6.45) is 0.410. The number of carbonyl (C=O) groups is 1. The van der Waals surface area contributed by atoms with E-state index in [1.165, 1.54) is 15.5 Å². The van der Waals surface area contributed by atoms with Crippen LogP contribution in [0.2, 0.25) is 0 Å². The van der Waals surface area contributed by atoms with E-state index in [2.05, 4.69) is 36.3 Å². The summed E-state index contributed by atoms with van der Waals surface area (Å²) in [5.41, 5.74) is 3.01. The van der Waals surface area contributed by atoms with E-state index in [0.29, 0.717) is 6.42 Å². The molecule has 2 aromatic rings. The van der Waals surface area contributed by atoms with Gasteiger partial charge in [-0.15, -0.1) is 11.8 Å². The smallest absolute Gasteiger partial charge is 0.253 e. The highest BCUT2D eigenvalue weighted by Gasteiger charge is 2.24. The summed E-state index contributed by atoms with van der Waals surface area (Å²) < 4.78 is 0. The summed E-state index contributed by atoms with van der Waals surface area (Å²) in [5.74, 6) is 0.790. The molecule has 21 heavy (non-hydrogen) atoms. The fraction of sp³-hybridized carbons (Fsp3) is 0.176. The van der Waals surface area contributed by atoms with Gasteiger partial charge in [0.2, 0.25) is 0 Å². The molecule has 0 saturated heterocycles. The molecule has 0 saturated carbocycles. The Bertz CT molecular complexity index is 665. The SMILES string of the molecule is Cc1ccc(SCC2=NN(c3ccccc3)C(=O)C2)cc1. The molecule has 0 atom stereocenters. The Labute approximate surface area is 128 Å². The number of aryl methyl sites for hydroxylation is 1. The molecule has 0 radical (unpaired) electrons. The number of para-hydroxylation sites is 1. The lowest BCUT2D eigenvalue weighted by atomic mass is 10.2. The number of rotatable bonds is 4. The molecule has 0 aliphatic carbocycles. The van der Waals surface area contributed by atoms with E-state index in [-0.39, 0.29) is 5.91 Å². The van der Waals surface area contributed by atoms with Gasteiger partial charge in [-0.3, -0.25) is 4.79 Å². The van der Waals surface area contributed by atoms with Crippen molar-refractivity contribution in [2.45, 2.75) is 18.2 Å². The Morgan fingerprint density at radius 2 is 1.81 bits per heavy atom. The van der Waals surface area contributed by atoms with Crippen LogP contribution in [0.4, 0.5) is 5.69 Å². The molecule has 0 unspecified atom stereocenters. The molecule has 0 bridgehead atoms. The zero-order valence-corrected chi connectivity index (χ0v) is 12.6. The van der Waals surface area contributed by atoms with Crippen LogP contribution in [0.3, 0.4) is 0 Å². The van der Waals surface area contributed by atoms with Gasteiger partial charge in [0, 0.05) is 10.6 Å². The minimum Gasteiger partial charge on any atom is -0.272 e. The van der Waals surface area contributed by atoms with Gasteiger partial charge in [-0.1, -0.05) is 35.9 Å². The van der Waals surface area contributed by atoms with Gasteiger partial charge < -0.3 is 0 Å². The van der Waals surface area contributed by atoms with Crippen LogP contribution in [-0.4, -0.2) is 17.4 Å². The Kier molecular flexibility index (Phi) is 4.06. The van der Waals surface area contributed by atoms with E-state index >= 15 is 0 Å². The first kappa shape index (κ1) is 13.9. The van der Waals surface area contributed by atoms with Crippen molar-refractivity contribution in [2.24, 2.45) is 5.10 Å². The number of hydrogen-bond donors (Lipinski definition) is 0. The summed E-state index contributed by atoms with van der Waals surface area (Å²) in [7, 11) is 0. The second-order valence-corrected chi connectivity index (χ2v) is 6.03. The number of hydrazone groups is 1. The summed E-state index contributed by atoms with van der Waals surface area (Å²) >= 11 is 1.72. The zero-order chi connectivity index (χ0) is 14.7. The summed E-state index contributed by atoms with van der Waals surface area (Å²) in [4.78, 5) is 13.2. The van der Waals surface area contributed by atoms with Crippen LogP contribution < -0.4 is 5.01 Å². The normalized spacial score (nSPS) is 14.4. The molecule has 1 aliphatic heterocycles. The lowest BCUT2D eigenvalue weighted by Crippen LogP contribution is -2.19. The number of carbonyl (C=O) groups excluding carboxylic acids is 1. The maximum atomic E-state index is 12.0. The first-order valence-electron chi connectivity index (χ1n) is 6.86. The van der Waals surface area contributed by atoms with Gasteiger partial charge in [-0.2, -0.15) is 5.10 Å². The number of benzene rings is 2. The third-order valence-corrected chi connectivity index (χ3v) is 4.34. The molecule has 0 N–H and O–H groups in total. The van der Waals surface area contributed by atoms with Crippen molar-refractivity contribution in [3.8, 4) is 0 Å². The van der Waals surface area contributed by atoms with Crippen LogP contribution in [0.25, 0.3) is 0 Å². The number of nitrogens with zero attached hydrogens (tertiary/aromatic N) is 2. The molecule has 4 heteroatoms. The van der Waals surface area contributed by atoms with Crippen molar-refractivity contribution >= 4 is 29.1 Å². The van der Waals surface area contributed by atoms with Gasteiger partial charge in [0.25, 0.3) is 5.91 Å². The highest BCUT2D eigenvalue weighted by Crippen LogP contribution is 2.24. The minimum absolute atomic E-state index is 0.0423. The monoisotopic (exact) mass is 296 g/mol. The van der Waals surface area contributed by atoms with E-state index in [0.717, 1.165) is 17.2 Å². The molecule has 1 amide bonds. The highest BCUT2D eigenvalue weighted by atomic mass is 32.2. The average Bonchev–Trinajstić information content (AvgIpc) is 2.89. The largest absolute Gasteiger partial charge is 0.272 e. The third-order valence-electron chi connectivity index (χ3n) is 3.26. The number of thioether (sulfide) groups is 1.